The van der Waals surface area contributed by atoms with Crippen molar-refractivity contribution in [3.05, 3.63) is 0 Å². The molecule has 0 radical (unpaired) electrons. The first kappa shape index (κ1) is 14.6. The van der Waals surface area contributed by atoms with Gasteiger partial charge in [-0.3, -0.25) is 0 Å². The molecule has 1 N–H and O–H groups in total. The summed E-state index contributed by atoms with van der Waals surface area (Å²) in [4.78, 5) is 16.5. The molecule has 2 aliphatic carbocycles. The molecule has 19 heavy (non-hydrogen) atoms. The molecule has 0 saturated heterocycles. The Kier molecular flexibility index (Phi) is 5.49. The quantitative estimate of drug-likeness (QED) is 0.801. The Morgan fingerprint density at radius 2 is 1.74 bits per heavy atom. The molecule has 4 nitrogen and oxygen atoms in total. The first-order chi connectivity index (χ1) is 9.15. The fourth-order valence-corrected chi connectivity index (χ4v) is 2.77. The van der Waals surface area contributed by atoms with Crippen LogP contribution in [0.2, 0.25) is 0 Å². The molecule has 0 bridgehead atoms. The molecule has 0 aliphatic heterocycles. The van der Waals surface area contributed by atoms with Crippen molar-refractivity contribution in [3.63, 3.8) is 0 Å². The number of carbonyl (C=O) groups excluding carboxylic acids is 1. The van der Waals surface area contributed by atoms with E-state index in [1.807, 2.05) is 4.90 Å². The molecule has 0 unspecified atom stereocenters. The second-order valence-corrected chi connectivity index (χ2v) is 6.48. The maximum absolute atomic E-state index is 12.3. The predicted octanol–water partition coefficient (Wildman–Crippen LogP) is 2.30. The number of hydrogen-bond acceptors (Lipinski definition) is 2. The number of hydrogen-bond donors (Lipinski definition) is 1. The van der Waals surface area contributed by atoms with Crippen LogP contribution in [-0.2, 0) is 0 Å². The molecule has 0 spiro atoms. The highest BCUT2D eigenvalue weighted by Crippen LogP contribution is 2.25. The minimum absolute atomic E-state index is 0.162. The summed E-state index contributed by atoms with van der Waals surface area (Å²) in [5.74, 6) is 0.723. The van der Waals surface area contributed by atoms with Crippen molar-refractivity contribution >= 4 is 6.03 Å². The molecule has 2 rings (SSSR count). The molecular formula is C15H29N3O. The van der Waals surface area contributed by atoms with Gasteiger partial charge in [0.1, 0.15) is 0 Å². The average molecular weight is 267 g/mol. The third-order valence-corrected chi connectivity index (χ3v) is 4.21. The number of nitrogens with one attached hydrogen (secondary N) is 1. The monoisotopic (exact) mass is 267 g/mol. The van der Waals surface area contributed by atoms with E-state index in [0.717, 1.165) is 38.4 Å². The van der Waals surface area contributed by atoms with Gasteiger partial charge in [-0.15, -0.1) is 0 Å². The highest BCUT2D eigenvalue weighted by molar-refractivity contribution is 5.74. The summed E-state index contributed by atoms with van der Waals surface area (Å²) in [5.41, 5.74) is 0. The molecule has 2 amide bonds. The van der Waals surface area contributed by atoms with Crippen molar-refractivity contribution in [1.82, 2.24) is 15.1 Å². The first-order valence-corrected chi connectivity index (χ1v) is 7.85. The van der Waals surface area contributed by atoms with E-state index in [-0.39, 0.29) is 6.03 Å². The highest BCUT2D eigenvalue weighted by atomic mass is 16.2. The number of amides is 2. The van der Waals surface area contributed by atoms with E-state index in [1.165, 1.54) is 32.1 Å². The van der Waals surface area contributed by atoms with Crippen molar-refractivity contribution in [1.29, 1.82) is 0 Å². The lowest BCUT2D eigenvalue weighted by atomic mass is 9.89. The number of likely N-dealkylation sites (N-methyl/N-ethyl adjacent to an activating group) is 1. The molecule has 0 aromatic rings. The molecule has 0 aromatic heterocycles. The third kappa shape index (κ3) is 5.39. The Morgan fingerprint density at radius 1 is 1.05 bits per heavy atom. The SMILES string of the molecule is CN(C)CCN(CC1CCCCC1)C(=O)NC1CC1. The Morgan fingerprint density at radius 3 is 2.32 bits per heavy atom. The highest BCUT2D eigenvalue weighted by Gasteiger charge is 2.27. The van der Waals surface area contributed by atoms with Gasteiger partial charge in [0.25, 0.3) is 0 Å². The van der Waals surface area contributed by atoms with Crippen LogP contribution in [0.5, 0.6) is 0 Å². The summed E-state index contributed by atoms with van der Waals surface area (Å²) in [7, 11) is 4.13. The fraction of sp³-hybridized carbons (Fsp3) is 0.933. The van der Waals surface area contributed by atoms with Crippen LogP contribution in [0.15, 0.2) is 0 Å². The van der Waals surface area contributed by atoms with E-state index in [9.17, 15) is 4.79 Å². The second-order valence-electron chi connectivity index (χ2n) is 6.48. The number of urea groups is 1. The van der Waals surface area contributed by atoms with Gasteiger partial charge >= 0.3 is 6.03 Å². The minimum atomic E-state index is 0.162. The largest absolute Gasteiger partial charge is 0.335 e. The Labute approximate surface area is 117 Å². The van der Waals surface area contributed by atoms with Gasteiger partial charge in [-0.05, 0) is 45.7 Å². The maximum Gasteiger partial charge on any atom is 0.317 e. The van der Waals surface area contributed by atoms with Gasteiger partial charge in [-0.2, -0.15) is 0 Å². The summed E-state index contributed by atoms with van der Waals surface area (Å²) in [6, 6.07) is 0.621. The predicted molar refractivity (Wildman–Crippen MR) is 78.3 cm³/mol. The van der Waals surface area contributed by atoms with E-state index in [2.05, 4.69) is 24.3 Å². The molecule has 0 heterocycles. The topological polar surface area (TPSA) is 35.6 Å². The van der Waals surface area contributed by atoms with Gasteiger partial charge in [-0.1, -0.05) is 19.3 Å². The van der Waals surface area contributed by atoms with E-state index in [0.29, 0.717) is 6.04 Å². The van der Waals surface area contributed by atoms with Gasteiger partial charge in [-0.25, -0.2) is 4.79 Å². The van der Waals surface area contributed by atoms with Gasteiger partial charge in [0.2, 0.25) is 0 Å². The zero-order valence-electron chi connectivity index (χ0n) is 12.5. The lowest BCUT2D eigenvalue weighted by Gasteiger charge is -2.30. The molecule has 0 atom stereocenters. The lowest BCUT2D eigenvalue weighted by Crippen LogP contribution is -2.46. The van der Waals surface area contributed by atoms with Gasteiger partial charge in [0.15, 0.2) is 0 Å². The van der Waals surface area contributed by atoms with Crippen LogP contribution in [0.25, 0.3) is 0 Å². The standard InChI is InChI=1S/C15H29N3O/c1-17(2)10-11-18(15(19)16-14-8-9-14)12-13-6-4-3-5-7-13/h13-14H,3-12H2,1-2H3,(H,16,19). The van der Waals surface area contributed by atoms with Gasteiger partial charge < -0.3 is 15.1 Å². The van der Waals surface area contributed by atoms with Crippen molar-refractivity contribution in [2.75, 3.05) is 33.7 Å². The molecular weight excluding hydrogens is 238 g/mol. The van der Waals surface area contributed by atoms with Crippen LogP contribution in [0.1, 0.15) is 44.9 Å². The van der Waals surface area contributed by atoms with Crippen molar-refractivity contribution < 1.29 is 4.79 Å². The van der Waals surface area contributed by atoms with Crippen LogP contribution < -0.4 is 5.32 Å². The molecule has 0 aromatic carbocycles. The Hall–Kier alpha value is -0.770. The third-order valence-electron chi connectivity index (χ3n) is 4.21. The fourth-order valence-electron chi connectivity index (χ4n) is 2.77. The lowest BCUT2D eigenvalue weighted by molar-refractivity contribution is 0.171. The molecule has 2 fully saturated rings. The zero-order chi connectivity index (χ0) is 13.7. The van der Waals surface area contributed by atoms with Crippen LogP contribution in [0.3, 0.4) is 0 Å². The second kappa shape index (κ2) is 7.13. The number of carbonyl (C=O) groups is 1. The van der Waals surface area contributed by atoms with Crippen LogP contribution in [-0.4, -0.2) is 55.6 Å². The van der Waals surface area contributed by atoms with Gasteiger partial charge in [0.05, 0.1) is 0 Å². The van der Waals surface area contributed by atoms with Gasteiger partial charge in [0, 0.05) is 25.7 Å². The molecule has 2 saturated carbocycles. The van der Waals surface area contributed by atoms with Crippen molar-refractivity contribution in [2.45, 2.75) is 51.0 Å². The smallest absolute Gasteiger partial charge is 0.317 e. The van der Waals surface area contributed by atoms with Crippen molar-refractivity contribution in [2.24, 2.45) is 5.92 Å². The number of rotatable bonds is 6. The van der Waals surface area contributed by atoms with Crippen LogP contribution in [0, 0.1) is 5.92 Å². The first-order valence-electron chi connectivity index (χ1n) is 7.85. The summed E-state index contributed by atoms with van der Waals surface area (Å²) in [6.07, 6.45) is 8.99. The Balaban J connectivity index is 1.81. The van der Waals surface area contributed by atoms with Crippen LogP contribution in [0.4, 0.5) is 4.79 Å². The minimum Gasteiger partial charge on any atom is -0.335 e. The maximum atomic E-state index is 12.3. The summed E-state index contributed by atoms with van der Waals surface area (Å²) < 4.78 is 0. The van der Waals surface area contributed by atoms with E-state index < -0.39 is 0 Å². The summed E-state index contributed by atoms with van der Waals surface area (Å²) in [6.45, 7) is 2.75. The summed E-state index contributed by atoms with van der Waals surface area (Å²) in [5, 5.41) is 3.14. The van der Waals surface area contributed by atoms with E-state index in [1.54, 1.807) is 0 Å². The molecule has 110 valence electrons. The van der Waals surface area contributed by atoms with Crippen LogP contribution >= 0.6 is 0 Å². The normalized spacial score (nSPS) is 20.6. The average Bonchev–Trinajstić information content (AvgIpc) is 3.19. The summed E-state index contributed by atoms with van der Waals surface area (Å²) >= 11 is 0. The van der Waals surface area contributed by atoms with E-state index in [4.69, 9.17) is 0 Å². The Bertz CT molecular complexity index is 283. The molecule has 4 heteroatoms. The number of nitrogens with zero attached hydrogens (tertiary/aromatic N) is 2. The van der Waals surface area contributed by atoms with Crippen molar-refractivity contribution in [3.8, 4) is 0 Å². The zero-order valence-corrected chi connectivity index (χ0v) is 12.5. The van der Waals surface area contributed by atoms with E-state index >= 15 is 0 Å². The molecule has 2 aliphatic rings.